The van der Waals surface area contributed by atoms with Gasteiger partial charge in [-0.05, 0) is 26.5 Å². The van der Waals surface area contributed by atoms with E-state index in [1.165, 1.54) is 0 Å². The molecule has 0 bridgehead atoms. The van der Waals surface area contributed by atoms with Crippen molar-refractivity contribution in [1.29, 1.82) is 0 Å². The van der Waals surface area contributed by atoms with Crippen molar-refractivity contribution in [2.75, 3.05) is 14.2 Å². The Kier molecular flexibility index (Phi) is 5.65. The quantitative estimate of drug-likeness (QED) is 0.810. The number of hydrogen-bond donors (Lipinski definition) is 2. The van der Waals surface area contributed by atoms with Crippen LogP contribution in [0.1, 0.15) is 31.9 Å². The summed E-state index contributed by atoms with van der Waals surface area (Å²) in [4.78, 5) is 11.9. The van der Waals surface area contributed by atoms with Gasteiger partial charge in [-0.2, -0.15) is 0 Å². The largest absolute Gasteiger partial charge is 0.496 e. The number of benzene rings is 1. The maximum absolute atomic E-state index is 11.9. The van der Waals surface area contributed by atoms with Gasteiger partial charge in [-0.25, -0.2) is 0 Å². The van der Waals surface area contributed by atoms with Crippen molar-refractivity contribution in [2.24, 2.45) is 0 Å². The molecule has 0 saturated carbocycles. The van der Waals surface area contributed by atoms with Crippen LogP contribution < -0.4 is 15.4 Å². The average Bonchev–Trinajstić information content (AvgIpc) is 2.43. The molecular weight excluding hydrogens is 228 g/mol. The minimum atomic E-state index is -0.200. The standard InChI is InChI=1S/C14H22N2O2/c1-5-12(16-14(17)10(2)15-3)11-8-6-7-9-13(11)18-4/h6-10,12,15H,5H2,1-4H3,(H,16,17). The highest BCUT2D eigenvalue weighted by atomic mass is 16.5. The van der Waals surface area contributed by atoms with Gasteiger partial charge in [-0.15, -0.1) is 0 Å². The van der Waals surface area contributed by atoms with E-state index in [-0.39, 0.29) is 18.0 Å². The van der Waals surface area contributed by atoms with Gasteiger partial charge in [0.05, 0.1) is 19.2 Å². The van der Waals surface area contributed by atoms with Crippen molar-refractivity contribution in [3.63, 3.8) is 0 Å². The number of methoxy groups -OCH3 is 1. The molecule has 4 heteroatoms. The van der Waals surface area contributed by atoms with Crippen molar-refractivity contribution in [1.82, 2.24) is 10.6 Å². The first-order chi connectivity index (χ1) is 8.63. The summed E-state index contributed by atoms with van der Waals surface area (Å²) in [6.45, 7) is 3.88. The van der Waals surface area contributed by atoms with Crippen LogP contribution in [0.4, 0.5) is 0 Å². The maximum atomic E-state index is 11.9. The first kappa shape index (κ1) is 14.5. The number of para-hydroxylation sites is 1. The first-order valence-electron chi connectivity index (χ1n) is 6.24. The predicted molar refractivity (Wildman–Crippen MR) is 72.7 cm³/mol. The van der Waals surface area contributed by atoms with E-state index in [9.17, 15) is 4.79 Å². The van der Waals surface area contributed by atoms with Crippen molar-refractivity contribution in [3.8, 4) is 5.75 Å². The molecule has 0 fully saturated rings. The van der Waals surface area contributed by atoms with Crippen LogP contribution in [0.5, 0.6) is 5.75 Å². The number of ether oxygens (including phenoxy) is 1. The van der Waals surface area contributed by atoms with Crippen LogP contribution in [0, 0.1) is 0 Å². The zero-order chi connectivity index (χ0) is 13.5. The van der Waals surface area contributed by atoms with Gasteiger partial charge in [0.2, 0.25) is 5.91 Å². The number of hydrogen-bond acceptors (Lipinski definition) is 3. The number of carbonyl (C=O) groups excluding carboxylic acids is 1. The first-order valence-corrected chi connectivity index (χ1v) is 6.24. The smallest absolute Gasteiger partial charge is 0.237 e. The fourth-order valence-corrected chi connectivity index (χ4v) is 1.78. The fourth-order valence-electron chi connectivity index (χ4n) is 1.78. The van der Waals surface area contributed by atoms with Crippen LogP contribution in [-0.2, 0) is 4.79 Å². The molecule has 0 radical (unpaired) electrons. The van der Waals surface area contributed by atoms with E-state index < -0.39 is 0 Å². The number of nitrogens with one attached hydrogen (secondary N) is 2. The highest BCUT2D eigenvalue weighted by molar-refractivity contribution is 5.81. The Morgan fingerprint density at radius 3 is 2.61 bits per heavy atom. The second kappa shape index (κ2) is 7.01. The molecule has 2 N–H and O–H groups in total. The highest BCUT2D eigenvalue weighted by Crippen LogP contribution is 2.26. The summed E-state index contributed by atoms with van der Waals surface area (Å²) in [5, 5.41) is 5.96. The molecule has 100 valence electrons. The van der Waals surface area contributed by atoms with Crippen molar-refractivity contribution < 1.29 is 9.53 Å². The Balaban J connectivity index is 2.86. The summed E-state index contributed by atoms with van der Waals surface area (Å²) in [6, 6.07) is 7.54. The molecule has 0 spiro atoms. The van der Waals surface area contributed by atoms with Crippen molar-refractivity contribution >= 4 is 5.91 Å². The Morgan fingerprint density at radius 1 is 1.39 bits per heavy atom. The van der Waals surface area contributed by atoms with Gasteiger partial charge in [0.1, 0.15) is 5.75 Å². The number of carbonyl (C=O) groups is 1. The molecule has 0 saturated heterocycles. The van der Waals surface area contributed by atoms with Gasteiger partial charge in [0.15, 0.2) is 0 Å². The van der Waals surface area contributed by atoms with Gasteiger partial charge >= 0.3 is 0 Å². The van der Waals surface area contributed by atoms with E-state index in [1.807, 2.05) is 38.1 Å². The van der Waals surface area contributed by atoms with E-state index in [0.29, 0.717) is 0 Å². The second-order valence-corrected chi connectivity index (χ2v) is 4.22. The van der Waals surface area contributed by atoms with E-state index in [1.54, 1.807) is 14.2 Å². The fraction of sp³-hybridized carbons (Fsp3) is 0.500. The Morgan fingerprint density at radius 2 is 2.06 bits per heavy atom. The second-order valence-electron chi connectivity index (χ2n) is 4.22. The third-order valence-corrected chi connectivity index (χ3v) is 3.07. The normalized spacial score (nSPS) is 13.8. The van der Waals surface area contributed by atoms with E-state index in [0.717, 1.165) is 17.7 Å². The third kappa shape index (κ3) is 3.47. The lowest BCUT2D eigenvalue weighted by Crippen LogP contribution is -2.42. The molecule has 0 heterocycles. The Hall–Kier alpha value is -1.55. The molecule has 0 aliphatic heterocycles. The molecule has 1 aromatic rings. The summed E-state index contributed by atoms with van der Waals surface area (Å²) in [5.41, 5.74) is 1.01. The van der Waals surface area contributed by atoms with Crippen LogP contribution in [0.25, 0.3) is 0 Å². The molecule has 0 aliphatic rings. The molecular formula is C14H22N2O2. The van der Waals surface area contributed by atoms with E-state index in [2.05, 4.69) is 10.6 Å². The lowest BCUT2D eigenvalue weighted by atomic mass is 10.0. The summed E-state index contributed by atoms with van der Waals surface area (Å²) in [6.07, 6.45) is 0.822. The minimum Gasteiger partial charge on any atom is -0.496 e. The van der Waals surface area contributed by atoms with Crippen LogP contribution in [0.2, 0.25) is 0 Å². The lowest BCUT2D eigenvalue weighted by Gasteiger charge is -2.21. The molecule has 0 aliphatic carbocycles. The van der Waals surface area contributed by atoms with Crippen molar-refractivity contribution in [3.05, 3.63) is 29.8 Å². The van der Waals surface area contributed by atoms with Gasteiger partial charge < -0.3 is 15.4 Å². The number of rotatable bonds is 6. The Bertz CT molecular complexity index is 393. The molecule has 2 unspecified atom stereocenters. The number of amides is 1. The Labute approximate surface area is 109 Å². The average molecular weight is 250 g/mol. The van der Waals surface area contributed by atoms with E-state index >= 15 is 0 Å². The molecule has 1 rings (SSSR count). The summed E-state index contributed by atoms with van der Waals surface area (Å²) >= 11 is 0. The van der Waals surface area contributed by atoms with Crippen LogP contribution in [0.3, 0.4) is 0 Å². The maximum Gasteiger partial charge on any atom is 0.237 e. The number of likely N-dealkylation sites (N-methyl/N-ethyl adjacent to an activating group) is 1. The van der Waals surface area contributed by atoms with Gasteiger partial charge in [-0.3, -0.25) is 4.79 Å². The lowest BCUT2D eigenvalue weighted by molar-refractivity contribution is -0.123. The van der Waals surface area contributed by atoms with Crippen LogP contribution in [0.15, 0.2) is 24.3 Å². The van der Waals surface area contributed by atoms with Gasteiger partial charge in [0, 0.05) is 5.56 Å². The molecule has 4 nitrogen and oxygen atoms in total. The van der Waals surface area contributed by atoms with Crippen molar-refractivity contribution in [2.45, 2.75) is 32.4 Å². The summed E-state index contributed by atoms with van der Waals surface area (Å²) < 4.78 is 5.33. The van der Waals surface area contributed by atoms with Crippen LogP contribution in [-0.4, -0.2) is 26.1 Å². The zero-order valence-corrected chi connectivity index (χ0v) is 11.5. The molecule has 1 aromatic carbocycles. The predicted octanol–water partition coefficient (Wildman–Crippen LogP) is 1.87. The van der Waals surface area contributed by atoms with Crippen LogP contribution >= 0.6 is 0 Å². The summed E-state index contributed by atoms with van der Waals surface area (Å²) in [7, 11) is 3.41. The highest BCUT2D eigenvalue weighted by Gasteiger charge is 2.18. The molecule has 1 amide bonds. The zero-order valence-electron chi connectivity index (χ0n) is 11.5. The topological polar surface area (TPSA) is 50.4 Å². The van der Waals surface area contributed by atoms with Gasteiger partial charge in [0.25, 0.3) is 0 Å². The third-order valence-electron chi connectivity index (χ3n) is 3.07. The monoisotopic (exact) mass is 250 g/mol. The van der Waals surface area contributed by atoms with E-state index in [4.69, 9.17) is 4.74 Å². The molecule has 2 atom stereocenters. The molecule has 18 heavy (non-hydrogen) atoms. The SMILES string of the molecule is CCC(NC(=O)C(C)NC)c1ccccc1OC. The van der Waals surface area contributed by atoms with Gasteiger partial charge in [-0.1, -0.05) is 25.1 Å². The minimum absolute atomic E-state index is 0.00439. The molecule has 0 aromatic heterocycles. The summed E-state index contributed by atoms with van der Waals surface area (Å²) in [5.74, 6) is 0.803.